The molecule has 0 saturated carbocycles. The molecule has 21 heavy (non-hydrogen) atoms. The molecule has 1 unspecified atom stereocenters. The zero-order valence-corrected chi connectivity index (χ0v) is 13.5. The maximum absolute atomic E-state index is 12.6. The van der Waals surface area contributed by atoms with Gasteiger partial charge in [0.1, 0.15) is 4.88 Å². The van der Waals surface area contributed by atoms with Crippen LogP contribution in [-0.4, -0.2) is 46.1 Å². The van der Waals surface area contributed by atoms with Gasteiger partial charge in [-0.05, 0) is 37.2 Å². The highest BCUT2D eigenvalue weighted by atomic mass is 32.1. The SMILES string of the molecule is CCOC(=O)C1CCCN(C(=O)c2snnc2C(C)C)C1. The fraction of sp³-hybridized carbons (Fsp3) is 0.714. The molecule has 1 amide bonds. The molecule has 1 saturated heterocycles. The van der Waals surface area contributed by atoms with E-state index in [1.54, 1.807) is 11.8 Å². The van der Waals surface area contributed by atoms with Gasteiger partial charge in [-0.25, -0.2) is 0 Å². The summed E-state index contributed by atoms with van der Waals surface area (Å²) in [5.74, 6) is -0.330. The van der Waals surface area contributed by atoms with Crippen molar-refractivity contribution in [2.45, 2.75) is 39.5 Å². The minimum atomic E-state index is -0.217. The molecule has 0 bridgehead atoms. The van der Waals surface area contributed by atoms with Gasteiger partial charge in [0.05, 0.1) is 18.2 Å². The predicted octanol–water partition coefficient (Wildman–Crippen LogP) is 2.08. The van der Waals surface area contributed by atoms with Crippen LogP contribution in [0.3, 0.4) is 0 Å². The number of hydrogen-bond acceptors (Lipinski definition) is 6. The van der Waals surface area contributed by atoms with E-state index in [4.69, 9.17) is 4.74 Å². The summed E-state index contributed by atoms with van der Waals surface area (Å²) in [6.45, 7) is 7.24. The van der Waals surface area contributed by atoms with Gasteiger partial charge in [0.25, 0.3) is 5.91 Å². The zero-order valence-electron chi connectivity index (χ0n) is 12.7. The number of hydrogen-bond donors (Lipinski definition) is 0. The highest BCUT2D eigenvalue weighted by Gasteiger charge is 2.32. The quantitative estimate of drug-likeness (QED) is 0.796. The van der Waals surface area contributed by atoms with E-state index in [0.29, 0.717) is 24.6 Å². The van der Waals surface area contributed by atoms with Gasteiger partial charge in [-0.1, -0.05) is 18.3 Å². The molecule has 1 aliphatic heterocycles. The predicted molar refractivity (Wildman–Crippen MR) is 79.3 cm³/mol. The molecule has 1 atom stereocenters. The number of piperidine rings is 1. The van der Waals surface area contributed by atoms with Crippen molar-refractivity contribution in [3.63, 3.8) is 0 Å². The van der Waals surface area contributed by atoms with Crippen molar-refractivity contribution < 1.29 is 14.3 Å². The number of nitrogens with zero attached hydrogens (tertiary/aromatic N) is 3. The number of likely N-dealkylation sites (tertiary alicyclic amines) is 1. The van der Waals surface area contributed by atoms with Crippen LogP contribution in [-0.2, 0) is 9.53 Å². The summed E-state index contributed by atoms with van der Waals surface area (Å²) >= 11 is 1.13. The highest BCUT2D eigenvalue weighted by molar-refractivity contribution is 7.08. The molecule has 1 aliphatic rings. The standard InChI is InChI=1S/C14H21N3O3S/c1-4-20-14(19)10-6-5-7-17(8-10)13(18)12-11(9(2)3)15-16-21-12/h9-10H,4-8H2,1-3H3. The van der Waals surface area contributed by atoms with Crippen molar-refractivity contribution in [2.24, 2.45) is 5.92 Å². The molecule has 1 aromatic rings. The Morgan fingerprint density at radius 1 is 1.48 bits per heavy atom. The van der Waals surface area contributed by atoms with Crippen molar-refractivity contribution in [3.8, 4) is 0 Å². The smallest absolute Gasteiger partial charge is 0.310 e. The Balaban J connectivity index is 2.08. The Kier molecular flexibility index (Phi) is 5.27. The zero-order chi connectivity index (χ0) is 15.4. The van der Waals surface area contributed by atoms with E-state index < -0.39 is 0 Å². The summed E-state index contributed by atoms with van der Waals surface area (Å²) in [5, 5.41) is 4.04. The molecule has 7 heteroatoms. The lowest BCUT2D eigenvalue weighted by Gasteiger charge is -2.31. The van der Waals surface area contributed by atoms with E-state index in [0.717, 1.165) is 30.1 Å². The Morgan fingerprint density at radius 3 is 2.90 bits per heavy atom. The van der Waals surface area contributed by atoms with Gasteiger partial charge in [-0.3, -0.25) is 9.59 Å². The van der Waals surface area contributed by atoms with E-state index in [9.17, 15) is 9.59 Å². The maximum Gasteiger partial charge on any atom is 0.310 e. The molecule has 0 aromatic carbocycles. The molecule has 0 spiro atoms. The van der Waals surface area contributed by atoms with Crippen LogP contribution < -0.4 is 0 Å². The summed E-state index contributed by atoms with van der Waals surface area (Å²) in [6.07, 6.45) is 1.60. The second kappa shape index (κ2) is 6.98. The van der Waals surface area contributed by atoms with Crippen molar-refractivity contribution in [1.82, 2.24) is 14.5 Å². The fourth-order valence-corrected chi connectivity index (χ4v) is 3.27. The van der Waals surface area contributed by atoms with Gasteiger partial charge < -0.3 is 9.64 Å². The first kappa shape index (κ1) is 15.9. The minimum absolute atomic E-state index is 0.0669. The molecule has 116 valence electrons. The molecule has 2 heterocycles. The number of carbonyl (C=O) groups excluding carboxylic acids is 2. The van der Waals surface area contributed by atoms with Crippen molar-refractivity contribution in [2.75, 3.05) is 19.7 Å². The second-order valence-corrected chi connectivity index (χ2v) is 6.24. The van der Waals surface area contributed by atoms with Gasteiger partial charge in [0.15, 0.2) is 0 Å². The summed E-state index contributed by atoms with van der Waals surface area (Å²) in [6, 6.07) is 0. The molecular formula is C14H21N3O3S. The van der Waals surface area contributed by atoms with Gasteiger partial charge in [-0.2, -0.15) is 0 Å². The third-order valence-corrected chi connectivity index (χ3v) is 4.31. The van der Waals surface area contributed by atoms with E-state index >= 15 is 0 Å². The number of esters is 1. The molecular weight excluding hydrogens is 290 g/mol. The second-order valence-electron chi connectivity index (χ2n) is 5.48. The first-order valence-corrected chi connectivity index (χ1v) is 8.10. The number of carbonyl (C=O) groups is 2. The van der Waals surface area contributed by atoms with Crippen LogP contribution in [0, 0.1) is 5.92 Å². The average molecular weight is 311 g/mol. The topological polar surface area (TPSA) is 72.4 Å². The van der Waals surface area contributed by atoms with Crippen molar-refractivity contribution in [3.05, 3.63) is 10.6 Å². The first-order valence-electron chi connectivity index (χ1n) is 7.32. The van der Waals surface area contributed by atoms with E-state index in [1.165, 1.54) is 0 Å². The maximum atomic E-state index is 12.6. The van der Waals surface area contributed by atoms with Gasteiger partial charge in [0, 0.05) is 13.1 Å². The van der Waals surface area contributed by atoms with Crippen LogP contribution in [0.2, 0.25) is 0 Å². The summed E-state index contributed by atoms with van der Waals surface area (Å²) in [4.78, 5) is 26.8. The Hall–Kier alpha value is -1.50. The average Bonchev–Trinajstić information content (AvgIpc) is 2.96. The van der Waals surface area contributed by atoms with Crippen LogP contribution in [0.15, 0.2) is 0 Å². The van der Waals surface area contributed by atoms with Gasteiger partial charge in [0.2, 0.25) is 0 Å². The van der Waals surface area contributed by atoms with Crippen LogP contribution >= 0.6 is 11.5 Å². The third-order valence-electron chi connectivity index (χ3n) is 3.58. The number of aromatic nitrogens is 2. The molecule has 6 nitrogen and oxygen atoms in total. The normalized spacial score (nSPS) is 18.9. The molecule has 0 aliphatic carbocycles. The fourth-order valence-electron chi connectivity index (χ4n) is 2.48. The van der Waals surface area contributed by atoms with Crippen LogP contribution in [0.25, 0.3) is 0 Å². The van der Waals surface area contributed by atoms with Crippen molar-refractivity contribution >= 4 is 23.4 Å². The van der Waals surface area contributed by atoms with Gasteiger partial charge in [-0.15, -0.1) is 5.10 Å². The number of ether oxygens (including phenoxy) is 1. The largest absolute Gasteiger partial charge is 0.466 e. The van der Waals surface area contributed by atoms with E-state index in [-0.39, 0.29) is 23.7 Å². The lowest BCUT2D eigenvalue weighted by molar-refractivity contribution is -0.149. The monoisotopic (exact) mass is 311 g/mol. The molecule has 1 aromatic heterocycles. The summed E-state index contributed by atoms with van der Waals surface area (Å²) in [5.41, 5.74) is 0.739. The summed E-state index contributed by atoms with van der Waals surface area (Å²) in [7, 11) is 0. The van der Waals surface area contributed by atoms with E-state index in [1.807, 2.05) is 13.8 Å². The third kappa shape index (κ3) is 3.58. The molecule has 0 radical (unpaired) electrons. The van der Waals surface area contributed by atoms with Crippen LogP contribution in [0.5, 0.6) is 0 Å². The Labute approximate surface area is 128 Å². The molecule has 2 rings (SSSR count). The van der Waals surface area contributed by atoms with Crippen LogP contribution in [0.1, 0.15) is 54.9 Å². The number of amides is 1. The molecule has 0 N–H and O–H groups in total. The summed E-state index contributed by atoms with van der Waals surface area (Å²) < 4.78 is 8.96. The molecule has 1 fully saturated rings. The van der Waals surface area contributed by atoms with Crippen LogP contribution in [0.4, 0.5) is 0 Å². The van der Waals surface area contributed by atoms with E-state index in [2.05, 4.69) is 9.59 Å². The first-order chi connectivity index (χ1) is 10.0. The van der Waals surface area contributed by atoms with Crippen molar-refractivity contribution in [1.29, 1.82) is 0 Å². The minimum Gasteiger partial charge on any atom is -0.466 e. The lowest BCUT2D eigenvalue weighted by atomic mass is 9.97. The Morgan fingerprint density at radius 2 is 2.24 bits per heavy atom. The van der Waals surface area contributed by atoms with Gasteiger partial charge >= 0.3 is 5.97 Å². The highest BCUT2D eigenvalue weighted by Crippen LogP contribution is 2.25. The Bertz CT molecular complexity index is 515. The number of rotatable bonds is 4. The lowest BCUT2D eigenvalue weighted by Crippen LogP contribution is -2.42.